The molecule has 2 aromatic rings. The van der Waals surface area contributed by atoms with E-state index in [0.717, 1.165) is 5.56 Å². The number of carbonyl (C=O) groups is 1. The zero-order valence-corrected chi connectivity index (χ0v) is 15.4. The van der Waals surface area contributed by atoms with Crippen LogP contribution in [0.1, 0.15) is 25.0 Å². The summed E-state index contributed by atoms with van der Waals surface area (Å²) in [7, 11) is 1.62. The van der Waals surface area contributed by atoms with Gasteiger partial charge in [0.25, 0.3) is 5.91 Å². The lowest BCUT2D eigenvalue weighted by molar-refractivity contribution is -0.170. The monoisotopic (exact) mass is 351 g/mol. The molecule has 2 aromatic carbocycles. The third-order valence-electron chi connectivity index (χ3n) is 4.89. The maximum absolute atomic E-state index is 12.6. The molecule has 128 valence electrons. The number of ether oxygens (including phenoxy) is 1. The van der Waals surface area contributed by atoms with Gasteiger partial charge in [0.2, 0.25) is 0 Å². The highest BCUT2D eigenvalue weighted by atomic mass is 32.2. The highest BCUT2D eigenvalue weighted by molar-refractivity contribution is 8.09. The van der Waals surface area contributed by atoms with Gasteiger partial charge in [-0.3, -0.25) is 4.79 Å². The number of hydrogen-bond donors (Lipinski definition) is 0. The summed E-state index contributed by atoms with van der Waals surface area (Å²) in [6, 6.07) is 20.7. The first-order valence-corrected chi connectivity index (χ1v) is 9.26. The van der Waals surface area contributed by atoms with Gasteiger partial charge in [0.15, 0.2) is 6.10 Å². The van der Waals surface area contributed by atoms with Crippen LogP contribution in [0.2, 0.25) is 0 Å². The molecular formula is C21H21NO2S. The number of carbonyl (C=O) groups excluding carboxylic acids is 1. The molecular weight excluding hydrogens is 330 g/mol. The van der Waals surface area contributed by atoms with E-state index in [4.69, 9.17) is 4.74 Å². The number of amides is 1. The van der Waals surface area contributed by atoms with Gasteiger partial charge in [0.1, 0.15) is 0 Å². The third-order valence-corrected chi connectivity index (χ3v) is 6.25. The van der Waals surface area contributed by atoms with Crippen molar-refractivity contribution in [3.8, 4) is 0 Å². The van der Waals surface area contributed by atoms with Gasteiger partial charge in [-0.25, -0.2) is 0 Å². The molecule has 4 heteroatoms. The second-order valence-corrected chi connectivity index (χ2v) is 8.44. The molecule has 3 nitrogen and oxygen atoms in total. The molecule has 1 amide bonds. The van der Waals surface area contributed by atoms with Crippen molar-refractivity contribution in [1.82, 2.24) is 4.90 Å². The van der Waals surface area contributed by atoms with Crippen molar-refractivity contribution in [2.45, 2.75) is 30.9 Å². The van der Waals surface area contributed by atoms with Gasteiger partial charge in [0.05, 0.1) is 10.9 Å². The molecule has 2 aliphatic rings. The largest absolute Gasteiger partial charge is 0.369 e. The molecule has 0 bridgehead atoms. The summed E-state index contributed by atoms with van der Waals surface area (Å²) >= 11 is 1.75. The Balaban J connectivity index is 1.96. The Hall–Kier alpha value is -2.04. The first-order chi connectivity index (χ1) is 12.0. The minimum Gasteiger partial charge on any atom is -0.369 e. The number of hydrogen-bond acceptors (Lipinski definition) is 3. The van der Waals surface area contributed by atoms with Gasteiger partial charge in [-0.05, 0) is 30.5 Å². The van der Waals surface area contributed by atoms with E-state index >= 15 is 0 Å². The summed E-state index contributed by atoms with van der Waals surface area (Å²) in [6.07, 6.45) is -0.408. The van der Waals surface area contributed by atoms with Crippen LogP contribution in [0.25, 0.3) is 10.5 Å². The topological polar surface area (TPSA) is 29.5 Å². The molecule has 0 aromatic heterocycles. The lowest BCUT2D eigenvalue weighted by Crippen LogP contribution is -2.72. The number of fused-ring (bicyclic) bond motifs is 1. The smallest absolute Gasteiger partial charge is 0.255 e. The van der Waals surface area contributed by atoms with E-state index in [9.17, 15) is 4.79 Å². The van der Waals surface area contributed by atoms with Crippen molar-refractivity contribution < 1.29 is 9.53 Å². The fourth-order valence-corrected chi connectivity index (χ4v) is 5.19. The number of benzene rings is 2. The molecule has 25 heavy (non-hydrogen) atoms. The highest BCUT2D eigenvalue weighted by Crippen LogP contribution is 2.55. The number of nitrogens with zero attached hydrogens (tertiary/aromatic N) is 1. The molecule has 0 radical (unpaired) electrons. The average Bonchev–Trinajstić information content (AvgIpc) is 2.62. The van der Waals surface area contributed by atoms with Gasteiger partial charge in [-0.15, -0.1) is 0 Å². The van der Waals surface area contributed by atoms with Crippen LogP contribution in [0.15, 0.2) is 60.7 Å². The first kappa shape index (κ1) is 16.4. The van der Waals surface area contributed by atoms with Gasteiger partial charge >= 0.3 is 0 Å². The van der Waals surface area contributed by atoms with Crippen LogP contribution in [0.4, 0.5) is 0 Å². The van der Waals surface area contributed by atoms with Crippen molar-refractivity contribution in [1.29, 1.82) is 0 Å². The minimum atomic E-state index is -0.408. The molecule has 2 atom stereocenters. The van der Waals surface area contributed by atoms with E-state index < -0.39 is 6.10 Å². The average molecular weight is 351 g/mol. The van der Waals surface area contributed by atoms with Crippen LogP contribution in [0, 0.1) is 0 Å². The Labute approximate surface area is 152 Å². The lowest BCUT2D eigenvalue weighted by Gasteiger charge is -2.57. The highest BCUT2D eigenvalue weighted by Gasteiger charge is 2.58. The summed E-state index contributed by atoms with van der Waals surface area (Å²) in [5, 5.41) is 0. The summed E-state index contributed by atoms with van der Waals surface area (Å²) < 4.78 is 5.56. The fourth-order valence-electron chi connectivity index (χ4n) is 3.78. The van der Waals surface area contributed by atoms with E-state index in [1.54, 1.807) is 18.9 Å². The minimum absolute atomic E-state index is 0.0497. The number of β-lactam (4-membered cyclic amide) rings is 1. The number of rotatable bonds is 3. The van der Waals surface area contributed by atoms with Crippen LogP contribution in [0.3, 0.4) is 0 Å². The van der Waals surface area contributed by atoms with Crippen LogP contribution in [-0.4, -0.2) is 34.9 Å². The predicted octanol–water partition coefficient (Wildman–Crippen LogP) is 4.26. The van der Waals surface area contributed by atoms with Gasteiger partial charge in [-0.2, -0.15) is 0 Å². The van der Waals surface area contributed by atoms with Gasteiger partial charge in [-0.1, -0.05) is 72.4 Å². The van der Waals surface area contributed by atoms with Crippen molar-refractivity contribution in [3.63, 3.8) is 0 Å². The maximum atomic E-state index is 12.6. The summed E-state index contributed by atoms with van der Waals surface area (Å²) in [5.74, 6) is 0.0746. The molecule has 0 spiro atoms. The molecule has 0 unspecified atom stereocenters. The Morgan fingerprint density at radius 2 is 1.52 bits per heavy atom. The molecule has 1 fully saturated rings. The molecule has 4 rings (SSSR count). The van der Waals surface area contributed by atoms with E-state index in [-0.39, 0.29) is 16.8 Å². The molecule has 0 saturated carbocycles. The predicted molar refractivity (Wildman–Crippen MR) is 103 cm³/mol. The Morgan fingerprint density at radius 1 is 0.960 bits per heavy atom. The molecule has 0 aliphatic carbocycles. The van der Waals surface area contributed by atoms with Crippen LogP contribution in [-0.2, 0) is 9.53 Å². The zero-order valence-electron chi connectivity index (χ0n) is 14.6. The van der Waals surface area contributed by atoms with E-state index in [2.05, 4.69) is 50.2 Å². The molecule has 2 heterocycles. The van der Waals surface area contributed by atoms with E-state index in [0.29, 0.717) is 0 Å². The normalized spacial score (nSPS) is 24.8. The van der Waals surface area contributed by atoms with Crippen molar-refractivity contribution in [2.24, 2.45) is 0 Å². The first-order valence-electron chi connectivity index (χ1n) is 8.44. The second-order valence-electron chi connectivity index (χ2n) is 6.83. The third kappa shape index (κ3) is 2.52. The Morgan fingerprint density at radius 3 is 2.08 bits per heavy atom. The second kappa shape index (κ2) is 6.04. The zero-order chi connectivity index (χ0) is 17.6. The quantitative estimate of drug-likeness (QED) is 0.774. The maximum Gasteiger partial charge on any atom is 0.255 e. The molecule has 2 aliphatic heterocycles. The SMILES string of the molecule is CO[C@@H]1C(=O)N2[C@H]1C(c1ccccc1)=C(c1ccccc1)SC2(C)C. The lowest BCUT2D eigenvalue weighted by atomic mass is 9.83. The number of methoxy groups -OCH3 is 1. The summed E-state index contributed by atoms with van der Waals surface area (Å²) in [5.41, 5.74) is 3.52. The van der Waals surface area contributed by atoms with Gasteiger partial charge < -0.3 is 9.64 Å². The van der Waals surface area contributed by atoms with Crippen molar-refractivity contribution in [2.75, 3.05) is 7.11 Å². The summed E-state index contributed by atoms with van der Waals surface area (Å²) in [4.78, 5) is 15.5. The van der Waals surface area contributed by atoms with Crippen LogP contribution in [0.5, 0.6) is 0 Å². The standard InChI is InChI=1S/C21H21NO2S/c1-21(2)22-17(18(24-3)20(22)23)16(14-10-6-4-7-11-14)19(25-21)15-12-8-5-9-13-15/h4-13,17-18H,1-3H3/t17-,18-/m0/s1. The van der Waals surface area contributed by atoms with Gasteiger partial charge in [0, 0.05) is 12.0 Å². The van der Waals surface area contributed by atoms with Crippen molar-refractivity contribution in [3.05, 3.63) is 71.8 Å². The van der Waals surface area contributed by atoms with Crippen molar-refractivity contribution >= 4 is 28.1 Å². The number of thioether (sulfide) groups is 1. The van der Waals surface area contributed by atoms with E-state index in [1.807, 2.05) is 29.2 Å². The Bertz CT molecular complexity index is 829. The molecule has 0 N–H and O–H groups in total. The fraction of sp³-hybridized carbons (Fsp3) is 0.286. The van der Waals surface area contributed by atoms with Crippen LogP contribution >= 0.6 is 11.8 Å². The Kier molecular flexibility index (Phi) is 3.97. The van der Waals surface area contributed by atoms with E-state index in [1.165, 1.54) is 16.0 Å². The molecule has 1 saturated heterocycles. The summed E-state index contributed by atoms with van der Waals surface area (Å²) in [6.45, 7) is 4.22. The van der Waals surface area contributed by atoms with Crippen LogP contribution < -0.4 is 0 Å².